The van der Waals surface area contributed by atoms with Crippen LogP contribution in [-0.4, -0.2) is 36.9 Å². The monoisotopic (exact) mass is 379 g/mol. The van der Waals surface area contributed by atoms with Gasteiger partial charge in [0.05, 0.1) is 17.1 Å². The van der Waals surface area contributed by atoms with E-state index in [9.17, 15) is 4.79 Å². The molecule has 1 N–H and O–H groups in total. The minimum atomic E-state index is 0.0490. The predicted molar refractivity (Wildman–Crippen MR) is 110 cm³/mol. The van der Waals surface area contributed by atoms with E-state index in [1.165, 1.54) is 11.1 Å². The molecule has 1 amide bonds. The number of benzene rings is 1. The van der Waals surface area contributed by atoms with E-state index >= 15 is 0 Å². The average molecular weight is 380 g/mol. The molecule has 0 aliphatic carbocycles. The van der Waals surface area contributed by atoms with Gasteiger partial charge in [-0.2, -0.15) is 0 Å². The number of amides is 1. The van der Waals surface area contributed by atoms with E-state index in [-0.39, 0.29) is 11.9 Å². The number of likely N-dealkylation sites (tertiary alicyclic amines) is 1. The Morgan fingerprint density at radius 1 is 1.29 bits per heavy atom. The summed E-state index contributed by atoms with van der Waals surface area (Å²) in [6.45, 7) is 9.95. The Bertz CT molecular complexity index is 961. The summed E-state index contributed by atoms with van der Waals surface area (Å²) < 4.78 is 2.10. The quantitative estimate of drug-likeness (QED) is 0.720. The van der Waals surface area contributed by atoms with Gasteiger partial charge in [0.25, 0.3) is 0 Å². The van der Waals surface area contributed by atoms with Crippen molar-refractivity contribution in [2.24, 2.45) is 0 Å². The molecular formula is C22H29N5O. The van der Waals surface area contributed by atoms with Gasteiger partial charge in [-0.3, -0.25) is 4.79 Å². The number of rotatable bonds is 5. The van der Waals surface area contributed by atoms with Crippen LogP contribution in [0.1, 0.15) is 67.8 Å². The molecule has 1 atom stereocenters. The van der Waals surface area contributed by atoms with E-state index in [0.29, 0.717) is 18.9 Å². The van der Waals surface area contributed by atoms with E-state index in [1.54, 1.807) is 0 Å². The fourth-order valence-corrected chi connectivity index (χ4v) is 4.17. The molecule has 1 aromatic carbocycles. The van der Waals surface area contributed by atoms with Crippen LogP contribution in [0.3, 0.4) is 0 Å². The van der Waals surface area contributed by atoms with Crippen molar-refractivity contribution in [3.8, 4) is 0 Å². The van der Waals surface area contributed by atoms with Gasteiger partial charge in [-0.25, -0.2) is 9.97 Å². The van der Waals surface area contributed by atoms with Crippen LogP contribution in [0.5, 0.6) is 0 Å². The standard InChI is InChI=1S/C22H29N5O/c1-14(2)22-23-8-11-26(22)10-7-20(28)27-9-5-6-19(27)21-24-17-12-15(3)16(4)13-18(17)25-21/h8,11-14,19H,5-7,9-10H2,1-4H3,(H,24,25). The van der Waals surface area contributed by atoms with Crippen LogP contribution in [0.25, 0.3) is 11.0 Å². The number of hydrogen-bond acceptors (Lipinski definition) is 3. The molecule has 6 nitrogen and oxygen atoms in total. The number of nitrogens with zero attached hydrogens (tertiary/aromatic N) is 4. The molecule has 1 aliphatic heterocycles. The zero-order valence-corrected chi connectivity index (χ0v) is 17.2. The topological polar surface area (TPSA) is 66.8 Å². The molecule has 148 valence electrons. The normalized spacial score (nSPS) is 17.2. The third-order valence-electron chi connectivity index (χ3n) is 5.84. The number of nitrogens with one attached hydrogen (secondary N) is 1. The largest absolute Gasteiger partial charge is 0.340 e. The van der Waals surface area contributed by atoms with E-state index in [4.69, 9.17) is 4.98 Å². The summed E-state index contributed by atoms with van der Waals surface area (Å²) in [6.07, 6.45) is 6.26. The van der Waals surface area contributed by atoms with Crippen LogP contribution in [0.4, 0.5) is 0 Å². The Morgan fingerprint density at radius 2 is 2.07 bits per heavy atom. The number of aromatic nitrogens is 4. The molecule has 1 saturated heterocycles. The van der Waals surface area contributed by atoms with Crippen molar-refractivity contribution in [1.29, 1.82) is 0 Å². The molecule has 0 radical (unpaired) electrons. The van der Waals surface area contributed by atoms with Crippen molar-refractivity contribution in [3.63, 3.8) is 0 Å². The van der Waals surface area contributed by atoms with Crippen LogP contribution >= 0.6 is 0 Å². The lowest BCUT2D eigenvalue weighted by Gasteiger charge is -2.23. The lowest BCUT2D eigenvalue weighted by atomic mass is 10.1. The van der Waals surface area contributed by atoms with Gasteiger partial charge in [0.15, 0.2) is 0 Å². The molecule has 3 aromatic rings. The molecule has 1 fully saturated rings. The first-order valence-electron chi connectivity index (χ1n) is 10.2. The fourth-order valence-electron chi connectivity index (χ4n) is 4.17. The maximum Gasteiger partial charge on any atom is 0.224 e. The summed E-state index contributed by atoms with van der Waals surface area (Å²) in [4.78, 5) is 27.7. The molecule has 0 saturated carbocycles. The van der Waals surface area contributed by atoms with E-state index in [1.807, 2.05) is 17.3 Å². The minimum absolute atomic E-state index is 0.0490. The van der Waals surface area contributed by atoms with Crippen LogP contribution in [0, 0.1) is 13.8 Å². The van der Waals surface area contributed by atoms with Gasteiger partial charge in [-0.1, -0.05) is 13.8 Å². The van der Waals surface area contributed by atoms with Crippen molar-refractivity contribution >= 4 is 16.9 Å². The summed E-state index contributed by atoms with van der Waals surface area (Å²) in [5.74, 6) is 2.50. The summed E-state index contributed by atoms with van der Waals surface area (Å²) in [5, 5.41) is 0. The van der Waals surface area contributed by atoms with Gasteiger partial charge in [-0.15, -0.1) is 0 Å². The average Bonchev–Trinajstić information content (AvgIpc) is 3.38. The first kappa shape index (κ1) is 18.7. The number of aryl methyl sites for hydroxylation is 3. The molecule has 1 aliphatic rings. The van der Waals surface area contributed by atoms with Crippen LogP contribution in [0.2, 0.25) is 0 Å². The number of imidazole rings is 2. The second kappa shape index (κ2) is 7.41. The van der Waals surface area contributed by atoms with Crippen molar-refractivity contribution in [2.45, 2.75) is 65.5 Å². The molecule has 1 unspecified atom stereocenters. The van der Waals surface area contributed by atoms with Crippen LogP contribution < -0.4 is 0 Å². The minimum Gasteiger partial charge on any atom is -0.340 e. The first-order valence-corrected chi connectivity index (χ1v) is 10.2. The van der Waals surface area contributed by atoms with Gasteiger partial charge < -0.3 is 14.5 Å². The Hall–Kier alpha value is -2.63. The van der Waals surface area contributed by atoms with Gasteiger partial charge in [0, 0.05) is 37.8 Å². The lowest BCUT2D eigenvalue weighted by molar-refractivity contribution is -0.132. The Kier molecular flexibility index (Phi) is 4.96. The fraction of sp³-hybridized carbons (Fsp3) is 0.500. The number of H-pyrrole nitrogens is 1. The highest BCUT2D eigenvalue weighted by atomic mass is 16.2. The highest BCUT2D eigenvalue weighted by Crippen LogP contribution is 2.32. The van der Waals surface area contributed by atoms with Gasteiger partial charge in [0.2, 0.25) is 5.91 Å². The van der Waals surface area contributed by atoms with Crippen molar-refractivity contribution in [2.75, 3.05) is 6.54 Å². The second-order valence-corrected chi connectivity index (χ2v) is 8.20. The summed E-state index contributed by atoms with van der Waals surface area (Å²) in [5.41, 5.74) is 4.53. The number of carbonyl (C=O) groups excluding carboxylic acids is 1. The highest BCUT2D eigenvalue weighted by molar-refractivity contribution is 5.79. The highest BCUT2D eigenvalue weighted by Gasteiger charge is 2.32. The molecule has 28 heavy (non-hydrogen) atoms. The first-order chi connectivity index (χ1) is 13.4. The summed E-state index contributed by atoms with van der Waals surface area (Å²) in [6, 6.07) is 4.32. The van der Waals surface area contributed by atoms with E-state index in [2.05, 4.69) is 54.4 Å². The van der Waals surface area contributed by atoms with Gasteiger partial charge in [-0.05, 0) is 49.9 Å². The summed E-state index contributed by atoms with van der Waals surface area (Å²) in [7, 11) is 0. The van der Waals surface area contributed by atoms with E-state index in [0.717, 1.165) is 42.1 Å². The molecular weight excluding hydrogens is 350 g/mol. The third kappa shape index (κ3) is 3.43. The molecule has 4 rings (SSSR count). The van der Waals surface area contributed by atoms with Crippen molar-refractivity contribution < 1.29 is 4.79 Å². The molecule has 2 aromatic heterocycles. The lowest BCUT2D eigenvalue weighted by Crippen LogP contribution is -2.31. The number of fused-ring (bicyclic) bond motifs is 1. The Labute approximate surface area is 166 Å². The van der Waals surface area contributed by atoms with Crippen LogP contribution in [0.15, 0.2) is 24.5 Å². The van der Waals surface area contributed by atoms with Crippen molar-refractivity contribution in [3.05, 3.63) is 47.3 Å². The number of carbonyl (C=O) groups is 1. The number of hydrogen-bond donors (Lipinski definition) is 1. The predicted octanol–water partition coefficient (Wildman–Crippen LogP) is 4.25. The maximum absolute atomic E-state index is 13.0. The second-order valence-electron chi connectivity index (χ2n) is 8.20. The zero-order chi connectivity index (χ0) is 19.8. The Balaban J connectivity index is 1.50. The van der Waals surface area contributed by atoms with E-state index < -0.39 is 0 Å². The molecule has 3 heterocycles. The SMILES string of the molecule is Cc1cc2nc(C3CCCN3C(=O)CCn3ccnc3C(C)C)[nH]c2cc1C. The van der Waals surface area contributed by atoms with Gasteiger partial charge >= 0.3 is 0 Å². The molecule has 6 heteroatoms. The maximum atomic E-state index is 13.0. The van der Waals surface area contributed by atoms with Crippen molar-refractivity contribution in [1.82, 2.24) is 24.4 Å². The summed E-state index contributed by atoms with van der Waals surface area (Å²) >= 11 is 0. The number of aromatic amines is 1. The third-order valence-corrected chi connectivity index (χ3v) is 5.84. The molecule has 0 bridgehead atoms. The molecule has 0 spiro atoms. The van der Waals surface area contributed by atoms with Crippen LogP contribution in [-0.2, 0) is 11.3 Å². The Morgan fingerprint density at radius 3 is 2.86 bits per heavy atom. The van der Waals surface area contributed by atoms with Gasteiger partial charge in [0.1, 0.15) is 11.6 Å². The smallest absolute Gasteiger partial charge is 0.224 e. The zero-order valence-electron chi connectivity index (χ0n) is 17.2.